The van der Waals surface area contributed by atoms with Crippen LogP contribution in [0.3, 0.4) is 0 Å². The molecule has 4 unspecified atom stereocenters. The summed E-state index contributed by atoms with van der Waals surface area (Å²) in [6.07, 6.45) is 7.29. The lowest BCUT2D eigenvalue weighted by atomic mass is 9.83. The van der Waals surface area contributed by atoms with Crippen molar-refractivity contribution in [1.29, 1.82) is 0 Å². The minimum atomic E-state index is -0.362. The number of hydrogen-bond donors (Lipinski definition) is 0. The van der Waals surface area contributed by atoms with E-state index in [2.05, 4.69) is 9.80 Å². The molecule has 4 atom stereocenters. The molecule has 4 rings (SSSR count). The molecular weight excluding hydrogens is 430 g/mol. The molecule has 3 aliphatic heterocycles. The van der Waals surface area contributed by atoms with Crippen molar-refractivity contribution in [3.05, 3.63) is 29.8 Å². The van der Waals surface area contributed by atoms with Gasteiger partial charge in [0, 0.05) is 46.3 Å². The molecule has 0 radical (unpaired) electrons. The second-order valence-electron chi connectivity index (χ2n) is 10.2. The van der Waals surface area contributed by atoms with Crippen LogP contribution in [0.4, 0.5) is 0 Å². The summed E-state index contributed by atoms with van der Waals surface area (Å²) < 4.78 is 10.6. The van der Waals surface area contributed by atoms with E-state index in [1.807, 2.05) is 31.3 Å². The van der Waals surface area contributed by atoms with Gasteiger partial charge in [0.25, 0.3) is 0 Å². The predicted octanol–water partition coefficient (Wildman–Crippen LogP) is 3.34. The van der Waals surface area contributed by atoms with Gasteiger partial charge >= 0.3 is 0 Å². The van der Waals surface area contributed by atoms with E-state index in [0.717, 1.165) is 24.3 Å². The van der Waals surface area contributed by atoms with Gasteiger partial charge < -0.3 is 24.2 Å². The highest BCUT2D eigenvalue weighted by Crippen LogP contribution is 2.39. The Morgan fingerprint density at radius 2 is 1.85 bits per heavy atom. The molecule has 0 saturated carbocycles. The van der Waals surface area contributed by atoms with Gasteiger partial charge in [0.15, 0.2) is 0 Å². The van der Waals surface area contributed by atoms with E-state index in [0.29, 0.717) is 25.1 Å². The summed E-state index contributed by atoms with van der Waals surface area (Å²) in [6, 6.07) is 8.12. The summed E-state index contributed by atoms with van der Waals surface area (Å²) in [5, 5.41) is 0. The van der Waals surface area contributed by atoms with E-state index in [1.54, 1.807) is 19.1 Å². The number of piperidine rings is 2. The molecular formula is C27H41N3O4. The number of carbonyl (C=O) groups is 2. The Balaban J connectivity index is 1.54. The van der Waals surface area contributed by atoms with Gasteiger partial charge in [-0.2, -0.15) is 0 Å². The minimum Gasteiger partial charge on any atom is -0.497 e. The van der Waals surface area contributed by atoms with Gasteiger partial charge in [-0.25, -0.2) is 0 Å². The SMILES string of the molecule is COCCCN(CC1CCCN2CCCCC12)C(=O)C1CC(=O)N(C)C1c1ccc(OC)cc1. The normalized spacial score (nSPS) is 27.5. The number of benzene rings is 1. The fourth-order valence-corrected chi connectivity index (χ4v) is 6.35. The topological polar surface area (TPSA) is 62.3 Å². The van der Waals surface area contributed by atoms with E-state index in [4.69, 9.17) is 9.47 Å². The number of amides is 2. The molecule has 188 valence electrons. The van der Waals surface area contributed by atoms with E-state index < -0.39 is 0 Å². The van der Waals surface area contributed by atoms with E-state index in [1.165, 1.54) is 45.2 Å². The van der Waals surface area contributed by atoms with Crippen LogP contribution >= 0.6 is 0 Å². The lowest BCUT2D eigenvalue weighted by molar-refractivity contribution is -0.138. The largest absolute Gasteiger partial charge is 0.497 e. The number of likely N-dealkylation sites (tertiary alicyclic amines) is 1. The summed E-state index contributed by atoms with van der Waals surface area (Å²) in [5.74, 6) is 1.07. The minimum absolute atomic E-state index is 0.0344. The van der Waals surface area contributed by atoms with E-state index >= 15 is 0 Å². The monoisotopic (exact) mass is 471 g/mol. The van der Waals surface area contributed by atoms with Gasteiger partial charge in [0.1, 0.15) is 5.75 Å². The zero-order valence-electron chi connectivity index (χ0n) is 21.1. The van der Waals surface area contributed by atoms with Gasteiger partial charge in [0.05, 0.1) is 19.1 Å². The molecule has 3 heterocycles. The van der Waals surface area contributed by atoms with Gasteiger partial charge in [-0.15, -0.1) is 0 Å². The number of methoxy groups -OCH3 is 2. The molecule has 3 saturated heterocycles. The van der Waals surface area contributed by atoms with Crippen LogP contribution in [-0.2, 0) is 14.3 Å². The maximum atomic E-state index is 14.0. The summed E-state index contributed by atoms with van der Waals surface area (Å²) in [6.45, 7) is 4.49. The van der Waals surface area contributed by atoms with Crippen molar-refractivity contribution in [3.8, 4) is 5.75 Å². The second-order valence-corrected chi connectivity index (χ2v) is 10.2. The number of hydrogen-bond acceptors (Lipinski definition) is 5. The Labute approximate surface area is 204 Å². The summed E-state index contributed by atoms with van der Waals surface area (Å²) in [7, 11) is 5.17. The van der Waals surface area contributed by atoms with Crippen LogP contribution in [-0.4, -0.2) is 86.6 Å². The highest BCUT2D eigenvalue weighted by atomic mass is 16.5. The number of fused-ring (bicyclic) bond motifs is 1. The number of carbonyl (C=O) groups excluding carboxylic acids is 2. The standard InChI is InChI=1S/C27H41N3O4/c1-28-25(31)18-23(26(28)20-10-12-22(34-3)13-11-20)27(32)30(16-7-17-33-2)19-21-8-6-15-29-14-5-4-9-24(21)29/h10-13,21,23-24,26H,4-9,14-19H2,1-3H3. The van der Waals surface area contributed by atoms with Gasteiger partial charge in [-0.1, -0.05) is 18.6 Å². The van der Waals surface area contributed by atoms with Crippen molar-refractivity contribution in [1.82, 2.24) is 14.7 Å². The van der Waals surface area contributed by atoms with Crippen molar-refractivity contribution in [2.24, 2.45) is 11.8 Å². The molecule has 7 nitrogen and oxygen atoms in total. The molecule has 0 N–H and O–H groups in total. The molecule has 34 heavy (non-hydrogen) atoms. The first kappa shape index (κ1) is 25.0. The van der Waals surface area contributed by atoms with Crippen LogP contribution in [0.15, 0.2) is 24.3 Å². The zero-order valence-corrected chi connectivity index (χ0v) is 21.1. The maximum absolute atomic E-state index is 14.0. The third-order valence-electron chi connectivity index (χ3n) is 8.13. The van der Waals surface area contributed by atoms with Crippen molar-refractivity contribution >= 4 is 11.8 Å². The maximum Gasteiger partial charge on any atom is 0.228 e. The second kappa shape index (κ2) is 11.5. The third kappa shape index (κ3) is 5.41. The van der Waals surface area contributed by atoms with Crippen LogP contribution < -0.4 is 4.74 Å². The fraction of sp³-hybridized carbons (Fsp3) is 0.704. The number of rotatable bonds is 9. The molecule has 3 fully saturated rings. The quantitative estimate of drug-likeness (QED) is 0.517. The van der Waals surface area contributed by atoms with Crippen molar-refractivity contribution in [2.75, 3.05) is 54.1 Å². The van der Waals surface area contributed by atoms with Crippen LogP contribution in [0.2, 0.25) is 0 Å². The molecule has 0 spiro atoms. The molecule has 0 aromatic heterocycles. The average molecular weight is 472 g/mol. The Morgan fingerprint density at radius 3 is 2.59 bits per heavy atom. The molecule has 3 aliphatic rings. The molecule has 0 aliphatic carbocycles. The lowest BCUT2D eigenvalue weighted by Crippen LogP contribution is -2.52. The molecule has 0 bridgehead atoms. The predicted molar refractivity (Wildman–Crippen MR) is 132 cm³/mol. The number of ether oxygens (including phenoxy) is 2. The lowest BCUT2D eigenvalue weighted by Gasteiger charge is -2.46. The third-order valence-corrected chi connectivity index (χ3v) is 8.13. The first-order valence-electron chi connectivity index (χ1n) is 12.9. The Kier molecular flexibility index (Phi) is 8.48. The van der Waals surface area contributed by atoms with Crippen molar-refractivity contribution in [3.63, 3.8) is 0 Å². The molecule has 2 amide bonds. The first-order valence-corrected chi connectivity index (χ1v) is 12.9. The Bertz CT molecular complexity index is 828. The highest BCUT2D eigenvalue weighted by molar-refractivity contribution is 5.90. The van der Waals surface area contributed by atoms with Gasteiger partial charge in [-0.3, -0.25) is 9.59 Å². The summed E-state index contributed by atoms with van der Waals surface area (Å²) >= 11 is 0. The number of nitrogens with zero attached hydrogens (tertiary/aromatic N) is 3. The fourth-order valence-electron chi connectivity index (χ4n) is 6.35. The zero-order chi connectivity index (χ0) is 24.1. The van der Waals surface area contributed by atoms with Gasteiger partial charge in [-0.05, 0) is 68.8 Å². The van der Waals surface area contributed by atoms with Crippen LogP contribution in [0.1, 0.15) is 56.6 Å². The average Bonchev–Trinajstić information content (AvgIpc) is 3.17. The van der Waals surface area contributed by atoms with Crippen molar-refractivity contribution < 1.29 is 19.1 Å². The molecule has 1 aromatic rings. The van der Waals surface area contributed by atoms with E-state index in [-0.39, 0.29) is 30.2 Å². The Hall–Kier alpha value is -2.12. The summed E-state index contributed by atoms with van der Waals surface area (Å²) in [4.78, 5) is 33.3. The highest BCUT2D eigenvalue weighted by Gasteiger charge is 2.45. The molecule has 1 aromatic carbocycles. The molecule has 7 heteroatoms. The van der Waals surface area contributed by atoms with Crippen LogP contribution in [0.5, 0.6) is 5.75 Å². The van der Waals surface area contributed by atoms with E-state index in [9.17, 15) is 9.59 Å². The smallest absolute Gasteiger partial charge is 0.228 e. The Morgan fingerprint density at radius 1 is 1.09 bits per heavy atom. The van der Waals surface area contributed by atoms with Crippen molar-refractivity contribution in [2.45, 2.75) is 57.0 Å². The van der Waals surface area contributed by atoms with Crippen LogP contribution in [0.25, 0.3) is 0 Å². The van der Waals surface area contributed by atoms with Crippen LogP contribution in [0, 0.1) is 11.8 Å². The summed E-state index contributed by atoms with van der Waals surface area (Å²) in [5.41, 5.74) is 0.987. The first-order chi connectivity index (χ1) is 16.5. The van der Waals surface area contributed by atoms with Gasteiger partial charge in [0.2, 0.25) is 11.8 Å².